The smallest absolute Gasteiger partial charge is 0.195 e. The van der Waals surface area contributed by atoms with E-state index in [4.69, 9.17) is 22.2 Å². The molecule has 0 unspecified atom stereocenters. The van der Waals surface area contributed by atoms with Gasteiger partial charge in [-0.25, -0.2) is 15.8 Å². The van der Waals surface area contributed by atoms with Crippen LogP contribution in [0.1, 0.15) is 0 Å². The van der Waals surface area contributed by atoms with E-state index in [1.165, 1.54) is 25.2 Å². The van der Waals surface area contributed by atoms with Crippen molar-refractivity contribution in [1.29, 1.82) is 0 Å². The Labute approximate surface area is 114 Å². The van der Waals surface area contributed by atoms with E-state index in [1.54, 1.807) is 0 Å². The number of halogens is 1. The van der Waals surface area contributed by atoms with E-state index >= 15 is 0 Å². The van der Waals surface area contributed by atoms with E-state index in [0.29, 0.717) is 21.6 Å². The zero-order chi connectivity index (χ0) is 13.0. The van der Waals surface area contributed by atoms with Crippen molar-refractivity contribution in [2.45, 2.75) is 9.92 Å². The number of nitrogens with zero attached hydrogens (tertiary/aromatic N) is 2. The average Bonchev–Trinajstić information content (AvgIpc) is 2.41. The van der Waals surface area contributed by atoms with Gasteiger partial charge in [-0.2, -0.15) is 0 Å². The van der Waals surface area contributed by atoms with Gasteiger partial charge in [0.1, 0.15) is 11.4 Å². The van der Waals surface area contributed by atoms with Gasteiger partial charge in [-0.3, -0.25) is 0 Å². The third-order valence-electron chi connectivity index (χ3n) is 2.16. The molecule has 0 fully saturated rings. The molecule has 0 atom stereocenters. The maximum Gasteiger partial charge on any atom is 0.195 e. The van der Waals surface area contributed by atoms with Gasteiger partial charge in [0.05, 0.1) is 12.1 Å². The van der Waals surface area contributed by atoms with Crippen molar-refractivity contribution in [3.8, 4) is 5.75 Å². The predicted molar refractivity (Wildman–Crippen MR) is 72.0 cm³/mol. The molecule has 5 nitrogen and oxygen atoms in total. The quantitative estimate of drug-likeness (QED) is 0.510. The normalized spacial score (nSPS) is 10.2. The van der Waals surface area contributed by atoms with Crippen molar-refractivity contribution in [3.63, 3.8) is 0 Å². The molecule has 3 N–H and O–H groups in total. The number of nitrogens with one attached hydrogen (secondary N) is 1. The van der Waals surface area contributed by atoms with E-state index in [1.807, 2.05) is 24.3 Å². The molecule has 0 amide bonds. The summed E-state index contributed by atoms with van der Waals surface area (Å²) in [6, 6.07) is 7.50. The van der Waals surface area contributed by atoms with Crippen LogP contribution in [-0.2, 0) is 0 Å². The summed E-state index contributed by atoms with van der Waals surface area (Å²) in [5.74, 6) is 6.29. The second-order valence-corrected chi connectivity index (χ2v) is 4.68. The number of nitrogens with two attached hydrogens (primary N) is 1. The zero-order valence-electron chi connectivity index (χ0n) is 9.55. The Hall–Kier alpha value is -1.50. The van der Waals surface area contributed by atoms with Gasteiger partial charge in [0.15, 0.2) is 11.6 Å². The van der Waals surface area contributed by atoms with E-state index in [-0.39, 0.29) is 0 Å². The van der Waals surface area contributed by atoms with E-state index in [9.17, 15) is 0 Å². The Kier molecular flexibility index (Phi) is 4.24. The molecule has 94 valence electrons. The lowest BCUT2D eigenvalue weighted by atomic mass is 10.4. The molecule has 1 heterocycles. The van der Waals surface area contributed by atoms with Crippen molar-refractivity contribution in [1.82, 2.24) is 9.97 Å². The lowest BCUT2D eigenvalue weighted by Gasteiger charge is -2.10. The van der Waals surface area contributed by atoms with Crippen LogP contribution in [0.2, 0.25) is 5.02 Å². The third kappa shape index (κ3) is 2.66. The van der Waals surface area contributed by atoms with Crippen LogP contribution in [0.4, 0.5) is 5.82 Å². The Morgan fingerprint density at radius 2 is 2.11 bits per heavy atom. The minimum absolute atomic E-state index is 0.432. The molecule has 0 aliphatic carbocycles. The van der Waals surface area contributed by atoms with Gasteiger partial charge in [-0.15, -0.1) is 0 Å². The van der Waals surface area contributed by atoms with E-state index in [2.05, 4.69) is 15.4 Å². The molecule has 0 aliphatic heterocycles. The first-order chi connectivity index (χ1) is 8.76. The Balaban J connectivity index is 2.37. The highest BCUT2D eigenvalue weighted by molar-refractivity contribution is 7.99. The molecular weight excluding hydrogens is 272 g/mol. The Morgan fingerprint density at radius 1 is 1.33 bits per heavy atom. The summed E-state index contributed by atoms with van der Waals surface area (Å²) in [6.45, 7) is 0. The number of hydrogen-bond donors (Lipinski definition) is 2. The number of aromatic nitrogens is 2. The number of anilines is 1. The van der Waals surface area contributed by atoms with Crippen molar-refractivity contribution in [2.24, 2.45) is 5.84 Å². The van der Waals surface area contributed by atoms with Crippen LogP contribution in [0.25, 0.3) is 0 Å². The first-order valence-electron chi connectivity index (χ1n) is 5.04. The number of benzene rings is 1. The molecule has 1 aromatic carbocycles. The lowest BCUT2D eigenvalue weighted by Crippen LogP contribution is -2.10. The highest BCUT2D eigenvalue weighted by Gasteiger charge is 2.13. The monoisotopic (exact) mass is 282 g/mol. The topological polar surface area (TPSA) is 73.1 Å². The van der Waals surface area contributed by atoms with Crippen LogP contribution in [0.15, 0.2) is 40.5 Å². The van der Waals surface area contributed by atoms with Gasteiger partial charge >= 0.3 is 0 Å². The van der Waals surface area contributed by atoms with Gasteiger partial charge in [-0.1, -0.05) is 35.5 Å². The largest absolute Gasteiger partial charge is 0.490 e. The molecule has 7 heteroatoms. The molecule has 0 saturated carbocycles. The second kappa shape index (κ2) is 5.90. The maximum atomic E-state index is 6.10. The van der Waals surface area contributed by atoms with Gasteiger partial charge < -0.3 is 10.2 Å². The van der Waals surface area contributed by atoms with Gasteiger partial charge in [-0.05, 0) is 12.1 Å². The summed E-state index contributed by atoms with van der Waals surface area (Å²) in [7, 11) is 1.54. The Bertz CT molecular complexity index is 552. The number of hydrazine groups is 1. The molecule has 18 heavy (non-hydrogen) atoms. The van der Waals surface area contributed by atoms with Crippen molar-refractivity contribution < 1.29 is 4.74 Å². The number of methoxy groups -OCH3 is 1. The average molecular weight is 283 g/mol. The number of rotatable bonds is 4. The summed E-state index contributed by atoms with van der Waals surface area (Å²) in [5, 5.41) is 1.30. The van der Waals surface area contributed by atoms with Crippen LogP contribution < -0.4 is 16.0 Å². The minimum Gasteiger partial charge on any atom is -0.490 e. The highest BCUT2D eigenvalue weighted by Crippen LogP contribution is 2.38. The van der Waals surface area contributed by atoms with Crippen molar-refractivity contribution in [3.05, 3.63) is 35.6 Å². The standard InChI is InChI=1S/C11H11ClN4OS/c1-17-9-10(16-13)14-6-15-11(9)18-8-5-3-2-4-7(8)12/h2-6H,13H2,1H3,(H,14,15,16). The fourth-order valence-corrected chi connectivity index (χ4v) is 2.49. The zero-order valence-corrected chi connectivity index (χ0v) is 11.1. The SMILES string of the molecule is COc1c(NN)ncnc1Sc1ccccc1Cl. The van der Waals surface area contributed by atoms with Gasteiger partial charge in [0.25, 0.3) is 0 Å². The van der Waals surface area contributed by atoms with Crippen LogP contribution in [-0.4, -0.2) is 17.1 Å². The first kappa shape index (κ1) is 12.9. The number of ether oxygens (including phenoxy) is 1. The maximum absolute atomic E-state index is 6.10. The third-order valence-corrected chi connectivity index (χ3v) is 3.66. The predicted octanol–water partition coefficient (Wildman–Crippen LogP) is 2.58. The van der Waals surface area contributed by atoms with E-state index in [0.717, 1.165) is 4.90 Å². The van der Waals surface area contributed by atoms with Gasteiger partial charge in [0, 0.05) is 4.90 Å². The molecule has 0 radical (unpaired) electrons. The molecule has 0 saturated heterocycles. The summed E-state index contributed by atoms with van der Waals surface area (Å²) in [6.07, 6.45) is 1.41. The van der Waals surface area contributed by atoms with Gasteiger partial charge in [0.2, 0.25) is 0 Å². The molecule has 0 spiro atoms. The van der Waals surface area contributed by atoms with Crippen molar-refractivity contribution in [2.75, 3.05) is 12.5 Å². The van der Waals surface area contributed by atoms with Crippen LogP contribution in [0.5, 0.6) is 5.75 Å². The lowest BCUT2D eigenvalue weighted by molar-refractivity contribution is 0.400. The number of hydrogen-bond acceptors (Lipinski definition) is 6. The summed E-state index contributed by atoms with van der Waals surface area (Å²) in [4.78, 5) is 9.03. The second-order valence-electron chi connectivity index (χ2n) is 3.24. The minimum atomic E-state index is 0.432. The Morgan fingerprint density at radius 3 is 2.78 bits per heavy atom. The molecular formula is C11H11ClN4OS. The van der Waals surface area contributed by atoms with Crippen molar-refractivity contribution >= 4 is 29.2 Å². The van der Waals surface area contributed by atoms with E-state index < -0.39 is 0 Å². The highest BCUT2D eigenvalue weighted by atomic mass is 35.5. The van der Waals surface area contributed by atoms with Crippen LogP contribution in [0.3, 0.4) is 0 Å². The molecule has 0 aliphatic rings. The summed E-state index contributed by atoms with van der Waals surface area (Å²) in [5.41, 5.74) is 2.46. The fourth-order valence-electron chi connectivity index (χ4n) is 1.35. The fraction of sp³-hybridized carbons (Fsp3) is 0.0909. The first-order valence-corrected chi connectivity index (χ1v) is 6.23. The molecule has 1 aromatic heterocycles. The summed E-state index contributed by atoms with van der Waals surface area (Å²) >= 11 is 7.49. The van der Waals surface area contributed by atoms with Crippen LogP contribution in [0, 0.1) is 0 Å². The summed E-state index contributed by atoms with van der Waals surface area (Å²) < 4.78 is 5.25. The molecule has 2 rings (SSSR count). The molecule has 2 aromatic rings. The van der Waals surface area contributed by atoms with Crippen LogP contribution >= 0.6 is 23.4 Å². The molecule has 0 bridgehead atoms. The number of nitrogen functional groups attached to an aromatic ring is 1.